The van der Waals surface area contributed by atoms with Crippen molar-refractivity contribution in [3.8, 4) is 0 Å². The van der Waals surface area contributed by atoms with Crippen LogP contribution in [0.5, 0.6) is 0 Å². The summed E-state index contributed by atoms with van der Waals surface area (Å²) in [5, 5.41) is 6.38. The summed E-state index contributed by atoms with van der Waals surface area (Å²) in [5.74, 6) is -1.64. The molecule has 0 atom stereocenters. The Morgan fingerprint density at radius 3 is 2.27 bits per heavy atom. The molecule has 33 heavy (non-hydrogen) atoms. The largest absolute Gasteiger partial charge is 0.349 e. The van der Waals surface area contributed by atoms with Gasteiger partial charge in [0.05, 0.1) is 5.69 Å². The molecule has 0 spiro atoms. The number of halogens is 3. The SMILES string of the molecule is Cc1ccc(C(=O)Nc2ccc(Cl)cc2)cc1NC1=C(Cl)C(=O)N(c2cccc(Cl)c2)C1=O. The number of benzene rings is 3. The van der Waals surface area contributed by atoms with Crippen LogP contribution >= 0.6 is 34.8 Å². The zero-order chi connectivity index (χ0) is 23.7. The molecule has 6 nitrogen and oxygen atoms in total. The van der Waals surface area contributed by atoms with Gasteiger partial charge in [-0.05, 0) is 67.1 Å². The van der Waals surface area contributed by atoms with Crippen molar-refractivity contribution in [1.82, 2.24) is 0 Å². The van der Waals surface area contributed by atoms with Gasteiger partial charge in [0.15, 0.2) is 0 Å². The highest BCUT2D eigenvalue weighted by Crippen LogP contribution is 2.32. The summed E-state index contributed by atoms with van der Waals surface area (Å²) < 4.78 is 0. The van der Waals surface area contributed by atoms with Crippen LogP contribution in [-0.4, -0.2) is 17.7 Å². The molecule has 0 aliphatic carbocycles. The van der Waals surface area contributed by atoms with Gasteiger partial charge in [-0.2, -0.15) is 0 Å². The van der Waals surface area contributed by atoms with E-state index in [1.807, 2.05) is 0 Å². The first-order valence-electron chi connectivity index (χ1n) is 9.73. The second-order valence-corrected chi connectivity index (χ2v) is 8.48. The molecule has 0 radical (unpaired) electrons. The van der Waals surface area contributed by atoms with E-state index >= 15 is 0 Å². The van der Waals surface area contributed by atoms with E-state index in [-0.39, 0.29) is 16.6 Å². The van der Waals surface area contributed by atoms with Crippen molar-refractivity contribution in [2.24, 2.45) is 0 Å². The van der Waals surface area contributed by atoms with Gasteiger partial charge < -0.3 is 10.6 Å². The second-order valence-electron chi connectivity index (χ2n) is 7.23. The highest BCUT2D eigenvalue weighted by Gasteiger charge is 2.39. The molecule has 3 amide bonds. The Kier molecular flexibility index (Phi) is 6.42. The van der Waals surface area contributed by atoms with Gasteiger partial charge in [0.25, 0.3) is 17.7 Å². The monoisotopic (exact) mass is 499 g/mol. The molecule has 4 rings (SSSR count). The van der Waals surface area contributed by atoms with Crippen LogP contribution in [0.1, 0.15) is 15.9 Å². The molecule has 1 heterocycles. The normalized spacial score (nSPS) is 13.5. The predicted octanol–water partition coefficient (Wildman–Crippen LogP) is 5.99. The van der Waals surface area contributed by atoms with E-state index in [4.69, 9.17) is 34.8 Å². The van der Waals surface area contributed by atoms with Crippen LogP contribution in [-0.2, 0) is 9.59 Å². The minimum atomic E-state index is -0.666. The van der Waals surface area contributed by atoms with Crippen LogP contribution in [0.2, 0.25) is 10.0 Å². The molecule has 0 saturated heterocycles. The highest BCUT2D eigenvalue weighted by atomic mass is 35.5. The Bertz CT molecular complexity index is 1320. The Labute approximate surface area is 204 Å². The summed E-state index contributed by atoms with van der Waals surface area (Å²) in [6.07, 6.45) is 0. The van der Waals surface area contributed by atoms with Crippen molar-refractivity contribution >= 4 is 69.6 Å². The first kappa shape index (κ1) is 22.9. The third kappa shape index (κ3) is 4.73. The molecule has 3 aromatic carbocycles. The lowest BCUT2D eigenvalue weighted by Gasteiger charge is -2.16. The molecule has 0 aromatic heterocycles. The van der Waals surface area contributed by atoms with Gasteiger partial charge >= 0.3 is 0 Å². The number of imide groups is 1. The molecule has 0 saturated carbocycles. The fourth-order valence-electron chi connectivity index (χ4n) is 3.23. The average molecular weight is 501 g/mol. The van der Waals surface area contributed by atoms with Crippen molar-refractivity contribution in [2.75, 3.05) is 15.5 Å². The van der Waals surface area contributed by atoms with Crippen LogP contribution in [0.3, 0.4) is 0 Å². The van der Waals surface area contributed by atoms with Gasteiger partial charge in [-0.25, -0.2) is 4.90 Å². The summed E-state index contributed by atoms with van der Waals surface area (Å²) in [4.78, 5) is 39.3. The van der Waals surface area contributed by atoms with E-state index in [1.165, 1.54) is 6.07 Å². The minimum Gasteiger partial charge on any atom is -0.349 e. The molecule has 0 unspecified atom stereocenters. The van der Waals surface area contributed by atoms with Crippen LogP contribution in [0.15, 0.2) is 77.5 Å². The molecule has 3 aromatic rings. The zero-order valence-electron chi connectivity index (χ0n) is 17.2. The van der Waals surface area contributed by atoms with Crippen molar-refractivity contribution in [2.45, 2.75) is 6.92 Å². The molecule has 0 fully saturated rings. The quantitative estimate of drug-likeness (QED) is 0.422. The van der Waals surface area contributed by atoms with Crippen LogP contribution in [0.25, 0.3) is 0 Å². The van der Waals surface area contributed by atoms with Gasteiger partial charge in [-0.15, -0.1) is 0 Å². The van der Waals surface area contributed by atoms with Gasteiger partial charge in [-0.3, -0.25) is 14.4 Å². The van der Waals surface area contributed by atoms with E-state index in [0.29, 0.717) is 32.7 Å². The van der Waals surface area contributed by atoms with Crippen molar-refractivity contribution in [1.29, 1.82) is 0 Å². The van der Waals surface area contributed by atoms with Crippen LogP contribution in [0, 0.1) is 6.92 Å². The fourth-order valence-corrected chi connectivity index (χ4v) is 3.75. The van der Waals surface area contributed by atoms with Crippen molar-refractivity contribution in [3.05, 3.63) is 98.6 Å². The second kappa shape index (κ2) is 9.27. The maximum Gasteiger partial charge on any atom is 0.283 e. The molecule has 0 bridgehead atoms. The molecule has 166 valence electrons. The maximum absolute atomic E-state index is 13.0. The van der Waals surface area contributed by atoms with Gasteiger partial charge in [0, 0.05) is 27.0 Å². The Morgan fingerprint density at radius 1 is 0.848 bits per heavy atom. The highest BCUT2D eigenvalue weighted by molar-refractivity contribution is 6.53. The van der Waals surface area contributed by atoms with Gasteiger partial charge in [-0.1, -0.05) is 46.9 Å². The third-order valence-corrected chi connectivity index (χ3v) is 5.79. The van der Waals surface area contributed by atoms with E-state index in [9.17, 15) is 14.4 Å². The number of nitrogens with zero attached hydrogens (tertiary/aromatic N) is 1. The lowest BCUT2D eigenvalue weighted by molar-refractivity contribution is -0.120. The number of hydrogen-bond donors (Lipinski definition) is 2. The topological polar surface area (TPSA) is 78.5 Å². The molecule has 9 heteroatoms. The first-order valence-corrected chi connectivity index (χ1v) is 10.9. The van der Waals surface area contributed by atoms with Crippen LogP contribution in [0.4, 0.5) is 17.1 Å². The Morgan fingerprint density at radius 2 is 1.58 bits per heavy atom. The number of amides is 3. The summed E-state index contributed by atoms with van der Waals surface area (Å²) in [5.41, 5.74) is 2.36. The number of aryl methyl sites for hydroxylation is 1. The van der Waals surface area contributed by atoms with E-state index in [2.05, 4.69) is 10.6 Å². The maximum atomic E-state index is 13.0. The zero-order valence-corrected chi connectivity index (χ0v) is 19.4. The van der Waals surface area contributed by atoms with E-state index in [1.54, 1.807) is 67.6 Å². The first-order chi connectivity index (χ1) is 15.7. The summed E-state index contributed by atoms with van der Waals surface area (Å²) in [6.45, 7) is 1.80. The lowest BCUT2D eigenvalue weighted by atomic mass is 10.1. The number of anilines is 3. The number of carbonyl (C=O) groups excluding carboxylic acids is 3. The van der Waals surface area contributed by atoms with E-state index in [0.717, 1.165) is 10.5 Å². The molecule has 1 aliphatic rings. The number of rotatable bonds is 5. The molecular weight excluding hydrogens is 485 g/mol. The summed E-state index contributed by atoms with van der Waals surface area (Å²) in [6, 6.07) is 18.0. The van der Waals surface area contributed by atoms with Crippen molar-refractivity contribution < 1.29 is 14.4 Å². The van der Waals surface area contributed by atoms with E-state index < -0.39 is 11.8 Å². The number of hydrogen-bond acceptors (Lipinski definition) is 4. The number of carbonyl (C=O) groups is 3. The molecule has 2 N–H and O–H groups in total. The average Bonchev–Trinajstić information content (AvgIpc) is 2.99. The smallest absolute Gasteiger partial charge is 0.283 e. The standard InChI is InChI=1S/C24H16Cl3N3O3/c1-13-5-6-14(22(31)28-17-9-7-15(25)8-10-17)11-19(13)29-21-20(27)23(32)30(24(21)33)18-4-2-3-16(26)12-18/h2-12,29H,1H3,(H,28,31). The van der Waals surface area contributed by atoms with Crippen molar-refractivity contribution in [3.63, 3.8) is 0 Å². The summed E-state index contributed by atoms with van der Waals surface area (Å²) >= 11 is 18.1. The Balaban J connectivity index is 1.58. The van der Waals surface area contributed by atoms with Crippen LogP contribution < -0.4 is 15.5 Å². The molecular formula is C24H16Cl3N3O3. The van der Waals surface area contributed by atoms with Gasteiger partial charge in [0.1, 0.15) is 10.7 Å². The number of nitrogens with one attached hydrogen (secondary N) is 2. The fraction of sp³-hybridized carbons (Fsp3) is 0.0417. The third-order valence-electron chi connectivity index (χ3n) is 4.96. The summed E-state index contributed by atoms with van der Waals surface area (Å²) in [7, 11) is 0. The predicted molar refractivity (Wildman–Crippen MR) is 131 cm³/mol. The Hall–Kier alpha value is -3.32. The lowest BCUT2D eigenvalue weighted by Crippen LogP contribution is -2.32. The minimum absolute atomic E-state index is 0.0833. The van der Waals surface area contributed by atoms with Gasteiger partial charge in [0.2, 0.25) is 0 Å². The molecule has 1 aliphatic heterocycles.